The highest BCUT2D eigenvalue weighted by atomic mass is 32.2. The fraction of sp³-hybridized carbons (Fsp3) is 0.269. The van der Waals surface area contributed by atoms with E-state index in [2.05, 4.69) is 23.1 Å². The van der Waals surface area contributed by atoms with Gasteiger partial charge in [-0.15, -0.1) is 0 Å². The first-order valence-electron chi connectivity index (χ1n) is 10.9. The zero-order valence-corrected chi connectivity index (χ0v) is 19.3. The summed E-state index contributed by atoms with van der Waals surface area (Å²) in [6, 6.07) is 23.5. The van der Waals surface area contributed by atoms with Crippen LogP contribution in [-0.2, 0) is 6.54 Å². The number of pyridine rings is 1. The maximum absolute atomic E-state index is 12.7. The van der Waals surface area contributed by atoms with Crippen LogP contribution in [0.25, 0.3) is 11.1 Å². The minimum absolute atomic E-state index is 0.0889. The molecule has 162 valence electrons. The number of rotatable bonds is 4. The zero-order valence-electron chi connectivity index (χ0n) is 17.6. The van der Waals surface area contributed by atoms with Gasteiger partial charge in [0.15, 0.2) is 5.78 Å². The number of fused-ring (bicyclic) bond motifs is 4. The summed E-state index contributed by atoms with van der Waals surface area (Å²) in [5.41, 5.74) is 4.15. The molecule has 2 aliphatic rings. The molecule has 3 heterocycles. The van der Waals surface area contributed by atoms with E-state index in [1.165, 1.54) is 11.8 Å². The third-order valence-electron chi connectivity index (χ3n) is 6.38. The van der Waals surface area contributed by atoms with E-state index >= 15 is 0 Å². The number of thioether (sulfide) groups is 1. The molecule has 3 aromatic rings. The smallest absolute Gasteiger partial charge is 0.250 e. The average molecular weight is 461 g/mol. The molecule has 0 aliphatic carbocycles. The van der Waals surface area contributed by atoms with E-state index in [0.29, 0.717) is 23.2 Å². The number of hydrogen-bond donors (Lipinski definition) is 0. The molecule has 0 radical (unpaired) electrons. The molecule has 4 nitrogen and oxygen atoms in total. The molecule has 1 saturated heterocycles. The molecule has 0 spiro atoms. The topological polar surface area (TPSA) is 42.3 Å². The number of carbonyl (C=O) groups excluding carboxylic acids is 1. The fourth-order valence-electron chi connectivity index (χ4n) is 4.83. The predicted molar refractivity (Wildman–Crippen MR) is 134 cm³/mol. The predicted octanol–water partition coefficient (Wildman–Crippen LogP) is 4.84. The monoisotopic (exact) mass is 460 g/mol. The second-order valence-electron chi connectivity index (χ2n) is 8.52. The SMILES string of the molecule is O=C(CSC(=S)N1C[C@H]2C[C@H](C1)c1cccc(=O)n1C2)c1ccc(-c2ccccc2)cc1. The van der Waals surface area contributed by atoms with E-state index in [4.69, 9.17) is 12.2 Å². The van der Waals surface area contributed by atoms with Crippen molar-refractivity contribution in [3.63, 3.8) is 0 Å². The molecule has 0 saturated carbocycles. The Morgan fingerprint density at radius 3 is 2.44 bits per heavy atom. The van der Waals surface area contributed by atoms with Crippen LogP contribution in [0.3, 0.4) is 0 Å². The van der Waals surface area contributed by atoms with Crippen LogP contribution in [0.5, 0.6) is 0 Å². The number of carbonyl (C=O) groups is 1. The van der Waals surface area contributed by atoms with Gasteiger partial charge in [0.05, 0.1) is 5.75 Å². The lowest BCUT2D eigenvalue weighted by atomic mass is 9.83. The van der Waals surface area contributed by atoms with Crippen LogP contribution in [0.1, 0.15) is 28.4 Å². The van der Waals surface area contributed by atoms with Crippen molar-refractivity contribution < 1.29 is 4.79 Å². The molecular weight excluding hydrogens is 436 g/mol. The normalized spacial score (nSPS) is 19.3. The number of Topliss-reactive ketones (excluding diaryl/α,β-unsaturated/α-hetero) is 1. The fourth-order valence-corrected chi connectivity index (χ4v) is 5.91. The highest BCUT2D eigenvalue weighted by molar-refractivity contribution is 8.23. The van der Waals surface area contributed by atoms with Crippen LogP contribution in [-0.4, -0.2) is 38.4 Å². The van der Waals surface area contributed by atoms with E-state index in [9.17, 15) is 9.59 Å². The molecule has 1 fully saturated rings. The Bertz CT molecular complexity index is 1200. The van der Waals surface area contributed by atoms with Gasteiger partial charge in [0.1, 0.15) is 4.32 Å². The number of aromatic nitrogens is 1. The number of thiocarbonyl (C=S) groups is 1. The van der Waals surface area contributed by atoms with Crippen molar-refractivity contribution in [1.82, 2.24) is 9.47 Å². The quantitative estimate of drug-likeness (QED) is 0.412. The minimum atomic E-state index is 0.0889. The number of benzene rings is 2. The van der Waals surface area contributed by atoms with E-state index in [0.717, 1.165) is 47.2 Å². The summed E-state index contributed by atoms with van der Waals surface area (Å²) in [6.07, 6.45) is 1.10. The summed E-state index contributed by atoms with van der Waals surface area (Å²) in [7, 11) is 0. The number of hydrogen-bond acceptors (Lipinski definition) is 4. The Morgan fingerprint density at radius 1 is 0.906 bits per heavy atom. The summed E-state index contributed by atoms with van der Waals surface area (Å²) in [6.45, 7) is 2.41. The largest absolute Gasteiger partial charge is 0.356 e. The molecule has 1 aromatic heterocycles. The molecule has 0 amide bonds. The molecule has 0 unspecified atom stereocenters. The van der Waals surface area contributed by atoms with E-state index < -0.39 is 0 Å². The van der Waals surface area contributed by atoms with E-state index in [1.54, 1.807) is 6.07 Å². The maximum Gasteiger partial charge on any atom is 0.250 e. The van der Waals surface area contributed by atoms with Gasteiger partial charge in [-0.05, 0) is 29.5 Å². The van der Waals surface area contributed by atoms with Crippen LogP contribution in [0.2, 0.25) is 0 Å². The van der Waals surface area contributed by atoms with Crippen LogP contribution in [0, 0.1) is 5.92 Å². The molecule has 2 aromatic carbocycles. The van der Waals surface area contributed by atoms with Gasteiger partial charge >= 0.3 is 0 Å². The number of piperidine rings is 1. The molecule has 6 heteroatoms. The van der Waals surface area contributed by atoms with Crippen LogP contribution >= 0.6 is 24.0 Å². The molecule has 5 rings (SSSR count). The summed E-state index contributed by atoms with van der Waals surface area (Å²) < 4.78 is 2.70. The summed E-state index contributed by atoms with van der Waals surface area (Å²) in [5.74, 6) is 1.16. The Balaban J connectivity index is 1.20. The lowest BCUT2D eigenvalue weighted by molar-refractivity contribution is 0.102. The van der Waals surface area contributed by atoms with Gasteiger partial charge in [-0.3, -0.25) is 9.59 Å². The van der Waals surface area contributed by atoms with Crippen molar-refractivity contribution in [3.8, 4) is 11.1 Å². The summed E-state index contributed by atoms with van der Waals surface area (Å²) >= 11 is 7.15. The second kappa shape index (κ2) is 9.04. The number of likely N-dealkylation sites (tertiary alicyclic amines) is 1. The molecule has 2 atom stereocenters. The van der Waals surface area contributed by atoms with Crippen molar-refractivity contribution in [3.05, 3.63) is 94.4 Å². The van der Waals surface area contributed by atoms with Crippen molar-refractivity contribution in [1.29, 1.82) is 0 Å². The van der Waals surface area contributed by atoms with Gasteiger partial charge in [-0.1, -0.05) is 84.6 Å². The number of ketones is 1. The van der Waals surface area contributed by atoms with Gasteiger partial charge in [0, 0.05) is 42.9 Å². The average Bonchev–Trinajstić information content (AvgIpc) is 2.83. The Morgan fingerprint density at radius 2 is 1.66 bits per heavy atom. The first-order valence-corrected chi connectivity index (χ1v) is 12.3. The first kappa shape index (κ1) is 21.2. The van der Waals surface area contributed by atoms with Gasteiger partial charge in [0.2, 0.25) is 0 Å². The van der Waals surface area contributed by atoms with E-state index in [1.807, 2.05) is 53.1 Å². The lowest BCUT2D eigenvalue weighted by Gasteiger charge is -2.43. The van der Waals surface area contributed by atoms with Gasteiger partial charge in [-0.2, -0.15) is 0 Å². The van der Waals surface area contributed by atoms with Crippen LogP contribution in [0.4, 0.5) is 0 Å². The summed E-state index contributed by atoms with van der Waals surface area (Å²) in [5, 5.41) is 0. The Kier molecular flexibility index (Phi) is 5.98. The van der Waals surface area contributed by atoms with E-state index in [-0.39, 0.29) is 11.3 Å². The van der Waals surface area contributed by atoms with Crippen molar-refractivity contribution in [2.75, 3.05) is 18.8 Å². The second-order valence-corrected chi connectivity index (χ2v) is 10.1. The third-order valence-corrected chi connectivity index (χ3v) is 7.90. The Hall–Kier alpha value is -2.70. The minimum Gasteiger partial charge on any atom is -0.356 e. The third kappa shape index (κ3) is 4.30. The number of nitrogens with zero attached hydrogens (tertiary/aromatic N) is 2. The van der Waals surface area contributed by atoms with Gasteiger partial charge in [-0.25, -0.2) is 0 Å². The molecule has 0 N–H and O–H groups in total. The summed E-state index contributed by atoms with van der Waals surface area (Å²) in [4.78, 5) is 27.2. The van der Waals surface area contributed by atoms with Crippen LogP contribution in [0.15, 0.2) is 77.6 Å². The first-order chi connectivity index (χ1) is 15.6. The van der Waals surface area contributed by atoms with Gasteiger partial charge < -0.3 is 9.47 Å². The Labute approximate surface area is 197 Å². The van der Waals surface area contributed by atoms with Crippen molar-refractivity contribution in [2.24, 2.45) is 5.92 Å². The molecule has 2 bridgehead atoms. The lowest BCUT2D eigenvalue weighted by Crippen LogP contribution is -2.48. The highest BCUT2D eigenvalue weighted by Crippen LogP contribution is 2.36. The zero-order chi connectivity index (χ0) is 22.1. The van der Waals surface area contributed by atoms with Crippen molar-refractivity contribution in [2.45, 2.75) is 18.9 Å². The standard InChI is InChI=1S/C26H24N2O2S2/c29-24(21-11-9-20(10-12-21)19-5-2-1-3-6-19)17-32-26(31)27-14-18-13-22(16-27)23-7-4-8-25(30)28(23)15-18/h1-12,18,22H,13-17H2/t18-,22-/m1/s1. The molecule has 2 aliphatic heterocycles. The van der Waals surface area contributed by atoms with Crippen LogP contribution < -0.4 is 5.56 Å². The van der Waals surface area contributed by atoms with Gasteiger partial charge in [0.25, 0.3) is 5.56 Å². The van der Waals surface area contributed by atoms with Crippen molar-refractivity contribution >= 4 is 34.1 Å². The highest BCUT2D eigenvalue weighted by Gasteiger charge is 2.35. The maximum atomic E-state index is 12.7. The molecule has 32 heavy (non-hydrogen) atoms. The molecular formula is C26H24N2O2S2.